The van der Waals surface area contributed by atoms with E-state index in [1.807, 2.05) is 24.3 Å². The number of alkyl halides is 3. The standard InChI is InChI=1S/C22H23F3N2O2/c1-29-20-7-3-4-17(15-20)8-9-21(28)27-12-10-26(11-13-27)16-18-5-2-6-19(14-18)22(23,24)25/h2-9,14-15H,10-13,16H2,1H3/b9-8+. The maximum Gasteiger partial charge on any atom is 0.416 e. The van der Waals surface area contributed by atoms with Gasteiger partial charge in [0, 0.05) is 38.8 Å². The van der Waals surface area contributed by atoms with Crippen LogP contribution in [0.25, 0.3) is 6.08 Å². The molecule has 0 saturated carbocycles. The third-order valence-corrected chi connectivity index (χ3v) is 4.86. The van der Waals surface area contributed by atoms with Crippen molar-refractivity contribution in [3.63, 3.8) is 0 Å². The first-order valence-corrected chi connectivity index (χ1v) is 9.35. The highest BCUT2D eigenvalue weighted by atomic mass is 19.4. The zero-order valence-electron chi connectivity index (χ0n) is 16.2. The summed E-state index contributed by atoms with van der Waals surface area (Å²) in [5, 5.41) is 0. The molecule has 0 N–H and O–H groups in total. The van der Waals surface area contributed by atoms with Gasteiger partial charge in [-0.15, -0.1) is 0 Å². The molecule has 0 bridgehead atoms. The van der Waals surface area contributed by atoms with Gasteiger partial charge in [-0.1, -0.05) is 30.3 Å². The van der Waals surface area contributed by atoms with Crippen LogP contribution in [0.15, 0.2) is 54.6 Å². The number of piperazine rings is 1. The normalized spacial score (nSPS) is 15.7. The third kappa shape index (κ3) is 5.84. The van der Waals surface area contributed by atoms with Crippen molar-refractivity contribution in [3.8, 4) is 5.75 Å². The van der Waals surface area contributed by atoms with Gasteiger partial charge in [-0.3, -0.25) is 9.69 Å². The van der Waals surface area contributed by atoms with Crippen LogP contribution in [-0.4, -0.2) is 49.0 Å². The number of nitrogens with zero attached hydrogens (tertiary/aromatic N) is 2. The van der Waals surface area contributed by atoms with Crippen LogP contribution < -0.4 is 4.74 Å². The molecule has 4 nitrogen and oxygen atoms in total. The summed E-state index contributed by atoms with van der Waals surface area (Å²) in [6.45, 7) is 2.76. The van der Waals surface area contributed by atoms with Crippen molar-refractivity contribution in [1.29, 1.82) is 0 Å². The fourth-order valence-corrected chi connectivity index (χ4v) is 3.25. The van der Waals surface area contributed by atoms with Crippen molar-refractivity contribution in [2.75, 3.05) is 33.3 Å². The SMILES string of the molecule is COc1cccc(/C=C/C(=O)N2CCN(Cc3cccc(C(F)(F)F)c3)CC2)c1. The lowest BCUT2D eigenvalue weighted by atomic mass is 10.1. The number of carbonyl (C=O) groups excluding carboxylic acids is 1. The van der Waals surface area contributed by atoms with Crippen molar-refractivity contribution < 1.29 is 22.7 Å². The van der Waals surface area contributed by atoms with E-state index in [-0.39, 0.29) is 5.91 Å². The molecule has 0 radical (unpaired) electrons. The number of rotatable bonds is 5. The smallest absolute Gasteiger partial charge is 0.416 e. The number of amides is 1. The van der Waals surface area contributed by atoms with Crippen LogP contribution in [0.5, 0.6) is 5.75 Å². The Morgan fingerprint density at radius 3 is 2.48 bits per heavy atom. The maximum absolute atomic E-state index is 12.9. The second-order valence-electron chi connectivity index (χ2n) is 6.91. The summed E-state index contributed by atoms with van der Waals surface area (Å²) in [6.07, 6.45) is -1.05. The topological polar surface area (TPSA) is 32.8 Å². The molecule has 0 aliphatic carbocycles. The first kappa shape index (κ1) is 20.9. The summed E-state index contributed by atoms with van der Waals surface area (Å²) in [5.74, 6) is 0.648. The van der Waals surface area contributed by atoms with Crippen LogP contribution in [-0.2, 0) is 17.5 Å². The Morgan fingerprint density at radius 2 is 1.79 bits per heavy atom. The van der Waals surface area contributed by atoms with E-state index in [2.05, 4.69) is 4.90 Å². The molecule has 1 heterocycles. The summed E-state index contributed by atoms with van der Waals surface area (Å²) in [5.41, 5.74) is 0.866. The zero-order chi connectivity index (χ0) is 20.9. The highest BCUT2D eigenvalue weighted by Crippen LogP contribution is 2.29. The molecular weight excluding hydrogens is 381 g/mol. The number of benzene rings is 2. The molecule has 2 aromatic rings. The van der Waals surface area contributed by atoms with Gasteiger partial charge >= 0.3 is 6.18 Å². The molecule has 0 spiro atoms. The van der Waals surface area contributed by atoms with Gasteiger partial charge in [-0.25, -0.2) is 0 Å². The fraction of sp³-hybridized carbons (Fsp3) is 0.318. The molecule has 0 aromatic heterocycles. The molecule has 1 amide bonds. The summed E-state index contributed by atoms with van der Waals surface area (Å²) >= 11 is 0. The average Bonchev–Trinajstić information content (AvgIpc) is 2.72. The number of ether oxygens (including phenoxy) is 1. The van der Waals surface area contributed by atoms with Crippen LogP contribution in [0, 0.1) is 0 Å². The number of halogens is 3. The van der Waals surface area contributed by atoms with E-state index < -0.39 is 11.7 Å². The lowest BCUT2D eigenvalue weighted by molar-refractivity contribution is -0.137. The number of hydrogen-bond donors (Lipinski definition) is 0. The van der Waals surface area contributed by atoms with Crippen LogP contribution in [0.4, 0.5) is 13.2 Å². The average molecular weight is 404 g/mol. The molecule has 0 unspecified atom stereocenters. The second-order valence-corrected chi connectivity index (χ2v) is 6.91. The minimum absolute atomic E-state index is 0.0773. The van der Waals surface area contributed by atoms with Crippen LogP contribution in [0.1, 0.15) is 16.7 Å². The zero-order valence-corrected chi connectivity index (χ0v) is 16.2. The highest BCUT2D eigenvalue weighted by Gasteiger charge is 2.30. The van der Waals surface area contributed by atoms with E-state index in [0.717, 1.165) is 17.4 Å². The first-order chi connectivity index (χ1) is 13.8. The molecule has 7 heteroatoms. The number of carbonyl (C=O) groups is 1. The van der Waals surface area contributed by atoms with E-state index in [4.69, 9.17) is 4.74 Å². The minimum atomic E-state index is -4.34. The number of hydrogen-bond acceptors (Lipinski definition) is 3. The minimum Gasteiger partial charge on any atom is -0.497 e. The van der Waals surface area contributed by atoms with Gasteiger partial charge in [-0.05, 0) is 35.4 Å². The second kappa shape index (κ2) is 9.13. The van der Waals surface area contributed by atoms with Gasteiger partial charge in [0.2, 0.25) is 5.91 Å². The molecular formula is C22H23F3N2O2. The molecule has 154 valence electrons. The Balaban J connectivity index is 1.52. The van der Waals surface area contributed by atoms with Crippen molar-refractivity contribution in [2.24, 2.45) is 0 Å². The van der Waals surface area contributed by atoms with E-state index >= 15 is 0 Å². The fourth-order valence-electron chi connectivity index (χ4n) is 3.25. The number of methoxy groups -OCH3 is 1. The highest BCUT2D eigenvalue weighted by molar-refractivity contribution is 5.91. The van der Waals surface area contributed by atoms with Crippen molar-refractivity contribution in [3.05, 3.63) is 71.3 Å². The Morgan fingerprint density at radius 1 is 1.07 bits per heavy atom. The van der Waals surface area contributed by atoms with E-state index in [9.17, 15) is 18.0 Å². The van der Waals surface area contributed by atoms with Gasteiger partial charge in [0.05, 0.1) is 12.7 Å². The Kier molecular flexibility index (Phi) is 6.59. The van der Waals surface area contributed by atoms with Gasteiger partial charge in [-0.2, -0.15) is 13.2 Å². The van der Waals surface area contributed by atoms with Gasteiger partial charge in [0.1, 0.15) is 5.75 Å². The largest absolute Gasteiger partial charge is 0.497 e. The van der Waals surface area contributed by atoms with Crippen molar-refractivity contribution in [2.45, 2.75) is 12.7 Å². The summed E-state index contributed by atoms with van der Waals surface area (Å²) < 4.78 is 43.7. The van der Waals surface area contributed by atoms with Gasteiger partial charge < -0.3 is 9.64 Å². The van der Waals surface area contributed by atoms with Gasteiger partial charge in [0.25, 0.3) is 0 Å². The Labute approximate surface area is 168 Å². The molecule has 29 heavy (non-hydrogen) atoms. The predicted octanol–water partition coefficient (Wildman–Crippen LogP) is 4.07. The maximum atomic E-state index is 12.9. The lowest BCUT2D eigenvalue weighted by Gasteiger charge is -2.34. The van der Waals surface area contributed by atoms with Crippen LogP contribution >= 0.6 is 0 Å². The van der Waals surface area contributed by atoms with Crippen molar-refractivity contribution >= 4 is 12.0 Å². The van der Waals surface area contributed by atoms with Crippen LogP contribution in [0.3, 0.4) is 0 Å². The Bertz CT molecular complexity index is 872. The molecule has 2 aromatic carbocycles. The van der Waals surface area contributed by atoms with Crippen molar-refractivity contribution in [1.82, 2.24) is 9.80 Å². The molecule has 1 fully saturated rings. The first-order valence-electron chi connectivity index (χ1n) is 9.35. The summed E-state index contributed by atoms with van der Waals surface area (Å²) in [7, 11) is 1.59. The van der Waals surface area contributed by atoms with E-state index in [0.29, 0.717) is 38.3 Å². The molecule has 3 rings (SSSR count). The predicted molar refractivity (Wildman–Crippen MR) is 105 cm³/mol. The third-order valence-electron chi connectivity index (χ3n) is 4.86. The van der Waals surface area contributed by atoms with Gasteiger partial charge in [0.15, 0.2) is 0 Å². The molecule has 1 aliphatic heterocycles. The lowest BCUT2D eigenvalue weighted by Crippen LogP contribution is -2.47. The summed E-state index contributed by atoms with van der Waals surface area (Å²) in [4.78, 5) is 16.2. The van der Waals surface area contributed by atoms with E-state index in [1.54, 1.807) is 24.2 Å². The Hall–Kier alpha value is -2.80. The van der Waals surface area contributed by atoms with E-state index in [1.165, 1.54) is 18.2 Å². The molecule has 1 saturated heterocycles. The quantitative estimate of drug-likeness (QED) is 0.705. The molecule has 0 atom stereocenters. The summed E-state index contributed by atoms with van der Waals surface area (Å²) in [6, 6.07) is 12.8. The molecule has 1 aliphatic rings. The van der Waals surface area contributed by atoms with Crippen LogP contribution in [0.2, 0.25) is 0 Å². The monoisotopic (exact) mass is 404 g/mol.